The quantitative estimate of drug-likeness (QED) is 0.649. The Labute approximate surface area is 181 Å². The number of aryl methyl sites for hydroxylation is 1. The third-order valence-corrected chi connectivity index (χ3v) is 6.02. The largest absolute Gasteiger partial charge is 0.392 e. The first-order valence-corrected chi connectivity index (χ1v) is 10.6. The van der Waals surface area contributed by atoms with E-state index in [-0.39, 0.29) is 17.8 Å². The average molecular weight is 423 g/mol. The zero-order valence-electron chi connectivity index (χ0n) is 17.9. The van der Waals surface area contributed by atoms with Crippen LogP contribution in [0.15, 0.2) is 41.6 Å². The number of hydrogen-bond donors (Lipinski definition) is 2. The van der Waals surface area contributed by atoms with Crippen molar-refractivity contribution in [1.82, 2.24) is 10.2 Å². The van der Waals surface area contributed by atoms with E-state index in [1.165, 1.54) is 6.07 Å². The first-order chi connectivity index (χ1) is 15.0. The van der Waals surface area contributed by atoms with Gasteiger partial charge in [-0.25, -0.2) is 9.92 Å². The van der Waals surface area contributed by atoms with E-state index in [9.17, 15) is 9.18 Å². The molecule has 0 saturated carbocycles. The molecule has 2 heterocycles. The predicted molar refractivity (Wildman–Crippen MR) is 116 cm³/mol. The summed E-state index contributed by atoms with van der Waals surface area (Å²) in [6, 6.07) is 8.85. The van der Waals surface area contributed by atoms with Gasteiger partial charge < -0.3 is 15.0 Å². The van der Waals surface area contributed by atoms with Gasteiger partial charge in [-0.05, 0) is 54.2 Å². The van der Waals surface area contributed by atoms with Crippen LogP contribution in [0.25, 0.3) is 5.70 Å². The molecule has 31 heavy (non-hydrogen) atoms. The maximum atomic E-state index is 14.8. The third-order valence-electron chi connectivity index (χ3n) is 6.02. The van der Waals surface area contributed by atoms with Crippen molar-refractivity contribution in [1.29, 1.82) is 5.53 Å². The van der Waals surface area contributed by atoms with Crippen LogP contribution in [0.3, 0.4) is 0 Å². The molecule has 162 valence electrons. The number of benzene rings is 2. The number of amides is 1. The molecular weight excluding hydrogens is 395 g/mol. The SMILES string of the molecule is CN/C=C(\N=N)c1ccc(Cc2cc3c(cc2C)CN(CC2CCCO2)C3=O)c(F)c1. The highest BCUT2D eigenvalue weighted by Gasteiger charge is 2.31. The van der Waals surface area contributed by atoms with E-state index < -0.39 is 0 Å². The van der Waals surface area contributed by atoms with E-state index in [1.54, 1.807) is 25.4 Å². The van der Waals surface area contributed by atoms with E-state index in [1.807, 2.05) is 17.9 Å². The van der Waals surface area contributed by atoms with E-state index in [0.717, 1.165) is 36.1 Å². The summed E-state index contributed by atoms with van der Waals surface area (Å²) in [5, 5.41) is 6.25. The molecule has 0 radical (unpaired) electrons. The van der Waals surface area contributed by atoms with Gasteiger partial charge >= 0.3 is 0 Å². The molecule has 1 saturated heterocycles. The van der Waals surface area contributed by atoms with Crippen LogP contribution in [-0.4, -0.2) is 37.1 Å². The lowest BCUT2D eigenvalue weighted by atomic mass is 9.95. The molecule has 2 aliphatic heterocycles. The highest BCUT2D eigenvalue weighted by molar-refractivity contribution is 5.98. The van der Waals surface area contributed by atoms with Crippen molar-refractivity contribution in [3.8, 4) is 0 Å². The van der Waals surface area contributed by atoms with E-state index in [0.29, 0.717) is 41.9 Å². The molecule has 4 rings (SSSR count). The highest BCUT2D eigenvalue weighted by atomic mass is 19.1. The summed E-state index contributed by atoms with van der Waals surface area (Å²) in [7, 11) is 1.70. The Kier molecular flexibility index (Phi) is 6.13. The van der Waals surface area contributed by atoms with Crippen molar-refractivity contribution in [2.45, 2.75) is 38.8 Å². The third kappa shape index (κ3) is 4.37. The summed E-state index contributed by atoms with van der Waals surface area (Å²) in [6.45, 7) is 4.01. The topological polar surface area (TPSA) is 77.8 Å². The number of nitrogens with one attached hydrogen (secondary N) is 2. The van der Waals surface area contributed by atoms with Crippen LogP contribution in [0, 0.1) is 18.3 Å². The maximum absolute atomic E-state index is 14.8. The van der Waals surface area contributed by atoms with Crippen LogP contribution in [0.2, 0.25) is 0 Å². The van der Waals surface area contributed by atoms with Crippen molar-refractivity contribution in [2.75, 3.05) is 20.2 Å². The van der Waals surface area contributed by atoms with Crippen molar-refractivity contribution < 1.29 is 13.9 Å². The summed E-state index contributed by atoms with van der Waals surface area (Å²) in [5.74, 6) is -0.323. The fourth-order valence-corrected chi connectivity index (χ4v) is 4.33. The minimum Gasteiger partial charge on any atom is -0.392 e. The van der Waals surface area contributed by atoms with E-state index in [2.05, 4.69) is 16.5 Å². The van der Waals surface area contributed by atoms with Gasteiger partial charge in [-0.3, -0.25) is 4.79 Å². The number of nitrogens with zero attached hydrogens (tertiary/aromatic N) is 2. The maximum Gasteiger partial charge on any atom is 0.254 e. The Morgan fingerprint density at radius 2 is 2.19 bits per heavy atom. The Hall–Kier alpha value is -3.06. The molecule has 0 aliphatic carbocycles. The monoisotopic (exact) mass is 422 g/mol. The van der Waals surface area contributed by atoms with Gasteiger partial charge in [0.15, 0.2) is 0 Å². The lowest BCUT2D eigenvalue weighted by molar-refractivity contribution is 0.0545. The number of hydrogen-bond acceptors (Lipinski definition) is 5. The van der Waals surface area contributed by atoms with Crippen LogP contribution in [0.4, 0.5) is 4.39 Å². The van der Waals surface area contributed by atoms with Gasteiger partial charge in [0.05, 0.1) is 6.10 Å². The number of ether oxygens (including phenoxy) is 1. The second kappa shape index (κ2) is 8.98. The second-order valence-corrected chi connectivity index (χ2v) is 8.17. The van der Waals surface area contributed by atoms with E-state index in [4.69, 9.17) is 10.3 Å². The fourth-order valence-electron chi connectivity index (χ4n) is 4.33. The van der Waals surface area contributed by atoms with Gasteiger partial charge in [0.2, 0.25) is 0 Å². The van der Waals surface area contributed by atoms with Gasteiger partial charge in [0.1, 0.15) is 11.5 Å². The molecule has 7 heteroatoms. The smallest absolute Gasteiger partial charge is 0.254 e. The van der Waals surface area contributed by atoms with Crippen molar-refractivity contribution in [3.05, 3.63) is 75.7 Å². The lowest BCUT2D eigenvalue weighted by Gasteiger charge is -2.19. The molecule has 2 N–H and O–H groups in total. The van der Waals surface area contributed by atoms with Crippen LogP contribution >= 0.6 is 0 Å². The number of carbonyl (C=O) groups excluding carboxylic acids is 1. The molecule has 1 unspecified atom stereocenters. The summed E-state index contributed by atoms with van der Waals surface area (Å²) < 4.78 is 20.5. The number of fused-ring (bicyclic) bond motifs is 1. The predicted octanol–water partition coefficient (Wildman–Crippen LogP) is 4.41. The van der Waals surface area contributed by atoms with Gasteiger partial charge in [0.25, 0.3) is 5.91 Å². The van der Waals surface area contributed by atoms with Crippen LogP contribution < -0.4 is 5.32 Å². The van der Waals surface area contributed by atoms with Crippen molar-refractivity contribution in [3.63, 3.8) is 0 Å². The number of carbonyl (C=O) groups is 1. The highest BCUT2D eigenvalue weighted by Crippen LogP contribution is 2.29. The number of rotatable bonds is 7. The average Bonchev–Trinajstić information content (AvgIpc) is 3.37. The molecule has 2 aliphatic rings. The van der Waals surface area contributed by atoms with E-state index >= 15 is 0 Å². The molecule has 0 spiro atoms. The van der Waals surface area contributed by atoms with Crippen molar-refractivity contribution >= 4 is 11.6 Å². The Bertz CT molecular complexity index is 1040. The summed E-state index contributed by atoms with van der Waals surface area (Å²) in [5.41, 5.74) is 12.4. The molecule has 1 atom stereocenters. The zero-order chi connectivity index (χ0) is 22.0. The van der Waals surface area contributed by atoms with Gasteiger partial charge in [0, 0.05) is 50.5 Å². The van der Waals surface area contributed by atoms with Gasteiger partial charge in [-0.2, -0.15) is 5.11 Å². The normalized spacial score (nSPS) is 18.4. The minimum absolute atomic E-state index is 0.0291. The lowest BCUT2D eigenvalue weighted by Crippen LogP contribution is -2.32. The Morgan fingerprint density at radius 1 is 1.35 bits per heavy atom. The molecule has 1 amide bonds. The molecule has 2 aromatic rings. The number of halogens is 1. The second-order valence-electron chi connectivity index (χ2n) is 8.17. The first kappa shape index (κ1) is 21.2. The summed E-state index contributed by atoms with van der Waals surface area (Å²) in [6.07, 6.45) is 4.13. The van der Waals surface area contributed by atoms with Crippen LogP contribution in [0.5, 0.6) is 0 Å². The van der Waals surface area contributed by atoms with Crippen LogP contribution in [-0.2, 0) is 17.7 Å². The minimum atomic E-state index is -0.352. The van der Waals surface area contributed by atoms with Crippen molar-refractivity contribution in [2.24, 2.45) is 5.11 Å². The Morgan fingerprint density at radius 3 is 2.87 bits per heavy atom. The molecule has 2 aromatic carbocycles. The van der Waals surface area contributed by atoms with Gasteiger partial charge in [-0.1, -0.05) is 18.2 Å². The molecule has 6 nitrogen and oxygen atoms in total. The first-order valence-electron chi connectivity index (χ1n) is 10.6. The molecule has 0 bridgehead atoms. The summed E-state index contributed by atoms with van der Waals surface area (Å²) >= 11 is 0. The standard InChI is InChI=1S/C24H27FN4O2/c1-15-8-19-13-29(14-20-4-3-7-31-20)24(30)21(19)10-18(15)9-16-5-6-17(11-22(16)25)23(28-26)12-27-2/h5-6,8,10-12,20,26-27H,3-4,7,9,13-14H2,1-2H3/b23-12-,28-26?. The molecule has 0 aromatic heterocycles. The zero-order valence-corrected chi connectivity index (χ0v) is 17.9. The van der Waals surface area contributed by atoms with Gasteiger partial charge in [-0.15, -0.1) is 0 Å². The fraction of sp³-hybridized carbons (Fsp3) is 0.375. The molecular formula is C24H27FN4O2. The van der Waals surface area contributed by atoms with Crippen LogP contribution in [0.1, 0.15) is 51.0 Å². The summed E-state index contributed by atoms with van der Waals surface area (Å²) in [4.78, 5) is 14.8. The molecule has 1 fully saturated rings. The Balaban J connectivity index is 1.54.